The van der Waals surface area contributed by atoms with E-state index in [4.69, 9.17) is 16.0 Å². The molecule has 2 aromatic rings. The molecule has 1 N–H and O–H groups in total. The van der Waals surface area contributed by atoms with Crippen LogP contribution in [-0.4, -0.2) is 23.3 Å². The predicted molar refractivity (Wildman–Crippen MR) is 76.3 cm³/mol. The number of halogens is 1. The van der Waals surface area contributed by atoms with Crippen molar-refractivity contribution in [2.75, 3.05) is 13.1 Å². The highest BCUT2D eigenvalue weighted by Gasteiger charge is 2.12. The molecule has 0 fully saturated rings. The summed E-state index contributed by atoms with van der Waals surface area (Å²) in [4.78, 5) is 0. The monoisotopic (exact) mass is 279 g/mol. The van der Waals surface area contributed by atoms with Gasteiger partial charge in [-0.05, 0) is 38.1 Å². The summed E-state index contributed by atoms with van der Waals surface area (Å²) in [5, 5.41) is 12.1. The maximum Gasteiger partial charge on any atom is 0.249 e. The predicted octanol–water partition coefficient (Wildman–Crippen LogP) is 3.24. The van der Waals surface area contributed by atoms with Crippen LogP contribution in [0.25, 0.3) is 11.5 Å². The third kappa shape index (κ3) is 3.55. The number of nitrogens with zero attached hydrogens (tertiary/aromatic N) is 2. The lowest BCUT2D eigenvalue weighted by Crippen LogP contribution is -2.14. The molecule has 19 heavy (non-hydrogen) atoms. The second-order valence-corrected chi connectivity index (χ2v) is 4.77. The van der Waals surface area contributed by atoms with Crippen LogP contribution in [0.1, 0.15) is 24.8 Å². The number of nitrogens with one attached hydrogen (secondary N) is 1. The molecule has 4 nitrogen and oxygen atoms in total. The Morgan fingerprint density at radius 2 is 2.16 bits per heavy atom. The van der Waals surface area contributed by atoms with E-state index in [1.54, 1.807) is 0 Å². The van der Waals surface area contributed by atoms with Crippen molar-refractivity contribution >= 4 is 11.6 Å². The van der Waals surface area contributed by atoms with E-state index in [9.17, 15) is 0 Å². The van der Waals surface area contributed by atoms with Gasteiger partial charge in [0, 0.05) is 6.42 Å². The van der Waals surface area contributed by atoms with Crippen molar-refractivity contribution in [1.29, 1.82) is 0 Å². The van der Waals surface area contributed by atoms with Crippen molar-refractivity contribution < 1.29 is 4.42 Å². The number of hydrogen-bond donors (Lipinski definition) is 1. The molecule has 0 saturated heterocycles. The van der Waals surface area contributed by atoms with E-state index in [0.29, 0.717) is 16.8 Å². The van der Waals surface area contributed by atoms with Crippen LogP contribution in [0.15, 0.2) is 22.6 Å². The van der Waals surface area contributed by atoms with Crippen molar-refractivity contribution in [2.24, 2.45) is 0 Å². The maximum absolute atomic E-state index is 6.24. The number of benzene rings is 1. The Balaban J connectivity index is 2.06. The minimum atomic E-state index is 0.493. The first-order valence-corrected chi connectivity index (χ1v) is 6.88. The molecule has 0 atom stereocenters. The molecule has 0 aliphatic rings. The molecule has 0 aliphatic carbocycles. The van der Waals surface area contributed by atoms with Gasteiger partial charge in [0.2, 0.25) is 11.8 Å². The Kier molecular flexibility index (Phi) is 4.93. The Hall–Kier alpha value is -1.39. The van der Waals surface area contributed by atoms with Crippen LogP contribution in [0.3, 0.4) is 0 Å². The van der Waals surface area contributed by atoms with E-state index >= 15 is 0 Å². The zero-order valence-electron chi connectivity index (χ0n) is 11.2. The van der Waals surface area contributed by atoms with Gasteiger partial charge in [-0.3, -0.25) is 0 Å². The molecule has 0 aliphatic heterocycles. The van der Waals surface area contributed by atoms with Gasteiger partial charge in [0.25, 0.3) is 0 Å². The second-order valence-electron chi connectivity index (χ2n) is 4.39. The molecule has 5 heteroatoms. The summed E-state index contributed by atoms with van der Waals surface area (Å²) in [7, 11) is 0. The Bertz CT molecular complexity index is 539. The van der Waals surface area contributed by atoms with Gasteiger partial charge < -0.3 is 9.73 Å². The van der Waals surface area contributed by atoms with E-state index in [-0.39, 0.29) is 0 Å². The first-order chi connectivity index (χ1) is 9.22. The summed E-state index contributed by atoms with van der Waals surface area (Å²) < 4.78 is 5.65. The average Bonchev–Trinajstić information content (AvgIpc) is 2.87. The maximum atomic E-state index is 6.24. The van der Waals surface area contributed by atoms with E-state index in [1.807, 2.05) is 25.1 Å². The molecule has 1 aromatic heterocycles. The number of aromatic nitrogens is 2. The Morgan fingerprint density at radius 3 is 2.95 bits per heavy atom. The van der Waals surface area contributed by atoms with Crippen LogP contribution in [0, 0.1) is 6.92 Å². The summed E-state index contributed by atoms with van der Waals surface area (Å²) in [5.41, 5.74) is 1.80. The smallest absolute Gasteiger partial charge is 0.249 e. The summed E-state index contributed by atoms with van der Waals surface area (Å²) in [6.45, 7) is 5.98. The molecule has 0 unspecified atom stereocenters. The highest BCUT2D eigenvalue weighted by atomic mass is 35.5. The molecule has 0 spiro atoms. The molecule has 1 aromatic carbocycles. The largest absolute Gasteiger partial charge is 0.421 e. The van der Waals surface area contributed by atoms with E-state index < -0.39 is 0 Å². The zero-order chi connectivity index (χ0) is 13.7. The van der Waals surface area contributed by atoms with Crippen molar-refractivity contribution in [1.82, 2.24) is 15.5 Å². The van der Waals surface area contributed by atoms with E-state index in [1.165, 1.54) is 0 Å². The number of rotatable bonds is 6. The molecule has 1 heterocycles. The third-order valence-corrected chi connectivity index (χ3v) is 3.38. The molecular formula is C14H18ClN3O. The molecule has 0 saturated carbocycles. The van der Waals surface area contributed by atoms with Gasteiger partial charge in [0.05, 0.1) is 10.6 Å². The van der Waals surface area contributed by atoms with Crippen molar-refractivity contribution in [3.63, 3.8) is 0 Å². The van der Waals surface area contributed by atoms with Crippen molar-refractivity contribution in [3.05, 3.63) is 34.7 Å². The topological polar surface area (TPSA) is 51.0 Å². The number of aryl methyl sites for hydroxylation is 2. The number of hydrogen-bond acceptors (Lipinski definition) is 4. The lowest BCUT2D eigenvalue weighted by molar-refractivity contribution is 0.492. The fourth-order valence-corrected chi connectivity index (χ4v) is 2.02. The Labute approximate surface area is 118 Å². The SMILES string of the molecule is CCNCCCc1nnc(-c2cccc(C)c2Cl)o1. The van der Waals surface area contributed by atoms with Crippen molar-refractivity contribution in [3.8, 4) is 11.5 Å². The van der Waals surface area contributed by atoms with Gasteiger partial charge in [0.1, 0.15) is 0 Å². The van der Waals surface area contributed by atoms with Gasteiger partial charge in [-0.1, -0.05) is 30.7 Å². The van der Waals surface area contributed by atoms with E-state index in [0.717, 1.165) is 37.1 Å². The first-order valence-electron chi connectivity index (χ1n) is 6.51. The highest BCUT2D eigenvalue weighted by Crippen LogP contribution is 2.29. The van der Waals surface area contributed by atoms with E-state index in [2.05, 4.69) is 22.4 Å². The van der Waals surface area contributed by atoms with Crippen LogP contribution >= 0.6 is 11.6 Å². The summed E-state index contributed by atoms with van der Waals surface area (Å²) >= 11 is 6.24. The summed E-state index contributed by atoms with van der Waals surface area (Å²) in [6, 6.07) is 5.79. The second kappa shape index (κ2) is 6.68. The minimum Gasteiger partial charge on any atom is -0.421 e. The molecule has 0 radical (unpaired) electrons. The van der Waals surface area contributed by atoms with Crippen LogP contribution in [-0.2, 0) is 6.42 Å². The van der Waals surface area contributed by atoms with Crippen LogP contribution in [0.2, 0.25) is 5.02 Å². The molecule has 102 valence electrons. The van der Waals surface area contributed by atoms with Gasteiger partial charge in [-0.2, -0.15) is 0 Å². The van der Waals surface area contributed by atoms with Crippen LogP contribution in [0.4, 0.5) is 0 Å². The fraction of sp³-hybridized carbons (Fsp3) is 0.429. The molecular weight excluding hydrogens is 262 g/mol. The summed E-state index contributed by atoms with van der Waals surface area (Å²) in [5.74, 6) is 1.15. The van der Waals surface area contributed by atoms with Gasteiger partial charge in [-0.15, -0.1) is 10.2 Å². The average molecular weight is 280 g/mol. The minimum absolute atomic E-state index is 0.493. The van der Waals surface area contributed by atoms with Crippen LogP contribution < -0.4 is 5.32 Å². The normalized spacial score (nSPS) is 10.9. The molecule has 0 bridgehead atoms. The Morgan fingerprint density at radius 1 is 1.32 bits per heavy atom. The summed E-state index contributed by atoms with van der Waals surface area (Å²) in [6.07, 6.45) is 1.76. The third-order valence-electron chi connectivity index (χ3n) is 2.88. The molecule has 0 amide bonds. The van der Waals surface area contributed by atoms with Crippen molar-refractivity contribution in [2.45, 2.75) is 26.7 Å². The standard InChI is InChI=1S/C14H18ClN3O/c1-3-16-9-5-8-12-17-18-14(19-12)11-7-4-6-10(2)13(11)15/h4,6-7,16H,3,5,8-9H2,1-2H3. The van der Waals surface area contributed by atoms with Gasteiger partial charge in [-0.25, -0.2) is 0 Å². The van der Waals surface area contributed by atoms with Crippen LogP contribution in [0.5, 0.6) is 0 Å². The highest BCUT2D eigenvalue weighted by molar-refractivity contribution is 6.33. The molecule has 2 rings (SSSR count). The lowest BCUT2D eigenvalue weighted by atomic mass is 10.1. The quantitative estimate of drug-likeness (QED) is 0.825. The van der Waals surface area contributed by atoms with Gasteiger partial charge in [0.15, 0.2) is 0 Å². The zero-order valence-corrected chi connectivity index (χ0v) is 12.0. The lowest BCUT2D eigenvalue weighted by Gasteiger charge is -2.01. The van der Waals surface area contributed by atoms with Gasteiger partial charge >= 0.3 is 0 Å². The fourth-order valence-electron chi connectivity index (χ4n) is 1.82. The first kappa shape index (κ1) is 14.0.